The largest absolute Gasteiger partial charge is 0.463 e. The van der Waals surface area contributed by atoms with Crippen LogP contribution >= 0.6 is 0 Å². The highest BCUT2D eigenvalue weighted by molar-refractivity contribution is 6.41. The Bertz CT molecular complexity index is 1080. The van der Waals surface area contributed by atoms with Gasteiger partial charge in [-0.05, 0) is 25.1 Å². The van der Waals surface area contributed by atoms with E-state index in [1.54, 1.807) is 36.4 Å². The molecule has 1 aliphatic carbocycles. The van der Waals surface area contributed by atoms with Gasteiger partial charge in [0, 0.05) is 11.1 Å². The number of ketones is 2. The van der Waals surface area contributed by atoms with Gasteiger partial charge in [0.15, 0.2) is 17.0 Å². The maximum Gasteiger partial charge on any atom is 0.199 e. The van der Waals surface area contributed by atoms with E-state index in [-0.39, 0.29) is 28.1 Å². The number of hydrogen-bond donors (Lipinski definition) is 0. The van der Waals surface area contributed by atoms with E-state index in [2.05, 4.69) is 0 Å². The van der Waals surface area contributed by atoms with E-state index >= 15 is 0 Å². The molecular formula is C20H12O4. The Morgan fingerprint density at radius 2 is 1.58 bits per heavy atom. The molecule has 0 fully saturated rings. The third kappa shape index (κ3) is 2.04. The maximum atomic E-state index is 12.6. The van der Waals surface area contributed by atoms with Crippen LogP contribution in [0, 0.1) is 6.92 Å². The summed E-state index contributed by atoms with van der Waals surface area (Å²) in [5.41, 5.74) is 2.07. The Hall–Kier alpha value is -3.27. The van der Waals surface area contributed by atoms with E-state index in [0.717, 1.165) is 5.56 Å². The molecule has 2 aromatic carbocycles. The molecule has 0 spiro atoms. The Morgan fingerprint density at radius 3 is 2.25 bits per heavy atom. The summed E-state index contributed by atoms with van der Waals surface area (Å²) in [5.74, 6) is -0.723. The van der Waals surface area contributed by atoms with Crippen molar-refractivity contribution in [2.75, 3.05) is 0 Å². The zero-order valence-electron chi connectivity index (χ0n) is 12.8. The first-order valence-electron chi connectivity index (χ1n) is 7.48. The van der Waals surface area contributed by atoms with Gasteiger partial charge in [0.25, 0.3) is 0 Å². The van der Waals surface area contributed by atoms with Crippen LogP contribution in [-0.2, 0) is 0 Å². The quantitative estimate of drug-likeness (QED) is 0.508. The van der Waals surface area contributed by atoms with Crippen molar-refractivity contribution in [2.45, 2.75) is 6.92 Å². The highest BCUT2D eigenvalue weighted by atomic mass is 16.3. The van der Waals surface area contributed by atoms with Crippen LogP contribution in [-0.4, -0.2) is 11.6 Å². The molecule has 0 bridgehead atoms. The van der Waals surface area contributed by atoms with E-state index in [1.165, 1.54) is 12.3 Å². The van der Waals surface area contributed by atoms with Crippen LogP contribution in [0.1, 0.15) is 31.8 Å². The lowest BCUT2D eigenvalue weighted by Gasteiger charge is -2.00. The number of rotatable bonds is 1. The number of carbonyl (C=O) groups is 2. The van der Waals surface area contributed by atoms with Crippen LogP contribution in [0.2, 0.25) is 0 Å². The molecule has 0 radical (unpaired) electrons. The molecule has 0 aliphatic heterocycles. The molecule has 0 saturated carbocycles. The predicted octanol–water partition coefficient (Wildman–Crippen LogP) is 3.56. The monoisotopic (exact) mass is 316 g/mol. The van der Waals surface area contributed by atoms with Crippen molar-refractivity contribution in [1.29, 1.82) is 0 Å². The summed E-state index contributed by atoms with van der Waals surface area (Å²) >= 11 is 0. The first-order chi connectivity index (χ1) is 11.6. The van der Waals surface area contributed by atoms with E-state index in [1.807, 2.05) is 13.0 Å². The Morgan fingerprint density at radius 1 is 0.917 bits per heavy atom. The van der Waals surface area contributed by atoms with Crippen LogP contribution in [0.3, 0.4) is 0 Å². The second kappa shape index (κ2) is 5.13. The van der Waals surface area contributed by atoms with Gasteiger partial charge in [0.05, 0.1) is 16.5 Å². The Labute approximate surface area is 137 Å². The summed E-state index contributed by atoms with van der Waals surface area (Å²) in [6.07, 6.45) is 2.62. The molecular weight excluding hydrogens is 304 g/mol. The zero-order chi connectivity index (χ0) is 16.8. The number of hydrogen-bond acceptors (Lipinski definition) is 4. The van der Waals surface area contributed by atoms with Crippen molar-refractivity contribution in [2.24, 2.45) is 0 Å². The van der Waals surface area contributed by atoms with Gasteiger partial charge < -0.3 is 4.42 Å². The van der Waals surface area contributed by atoms with Gasteiger partial charge in [-0.3, -0.25) is 14.4 Å². The molecule has 4 rings (SSSR count). The third-order valence-corrected chi connectivity index (χ3v) is 4.16. The number of carbonyl (C=O) groups excluding carboxylic acids is 2. The summed E-state index contributed by atoms with van der Waals surface area (Å²) in [7, 11) is 0. The summed E-state index contributed by atoms with van der Waals surface area (Å²) in [6.45, 7) is 1.88. The lowest BCUT2D eigenvalue weighted by Crippen LogP contribution is -2.08. The Kier molecular flexibility index (Phi) is 3.06. The second-order valence-electron chi connectivity index (χ2n) is 5.78. The van der Waals surface area contributed by atoms with Crippen molar-refractivity contribution in [1.82, 2.24) is 0 Å². The van der Waals surface area contributed by atoms with Crippen LogP contribution in [0.4, 0.5) is 0 Å². The highest BCUT2D eigenvalue weighted by Crippen LogP contribution is 2.27. The van der Waals surface area contributed by atoms with E-state index in [9.17, 15) is 14.4 Å². The van der Waals surface area contributed by atoms with Gasteiger partial charge in [-0.15, -0.1) is 0 Å². The molecule has 24 heavy (non-hydrogen) atoms. The SMILES string of the molecule is Cc1ccc2occ(C=C3C(=O)c4ccccc4C3=O)c(=O)c2c1. The molecule has 0 atom stereocenters. The fourth-order valence-corrected chi connectivity index (χ4v) is 2.92. The standard InChI is InChI=1S/C20H12O4/c1-11-6-7-17-15(8-11)18(21)12(10-24-17)9-16-19(22)13-4-2-3-5-14(13)20(16)23/h2-10H,1H3. The molecule has 0 N–H and O–H groups in total. The molecule has 1 heterocycles. The second-order valence-corrected chi connectivity index (χ2v) is 5.78. The molecule has 0 unspecified atom stereocenters. The van der Waals surface area contributed by atoms with Crippen LogP contribution in [0.5, 0.6) is 0 Å². The van der Waals surface area contributed by atoms with Crippen LogP contribution < -0.4 is 5.43 Å². The minimum absolute atomic E-state index is 0.00416. The van der Waals surface area contributed by atoms with Gasteiger partial charge in [-0.1, -0.05) is 35.9 Å². The summed E-state index contributed by atoms with van der Waals surface area (Å²) in [5, 5.41) is 0.430. The molecule has 116 valence electrons. The highest BCUT2D eigenvalue weighted by Gasteiger charge is 2.32. The first-order valence-corrected chi connectivity index (χ1v) is 7.48. The molecule has 4 heteroatoms. The number of aryl methyl sites for hydroxylation is 1. The molecule has 1 aliphatic rings. The van der Waals surface area contributed by atoms with Gasteiger partial charge >= 0.3 is 0 Å². The van der Waals surface area contributed by atoms with Gasteiger partial charge in [-0.2, -0.15) is 0 Å². The van der Waals surface area contributed by atoms with Gasteiger partial charge in [0.2, 0.25) is 0 Å². The molecule has 4 nitrogen and oxygen atoms in total. The fourth-order valence-electron chi connectivity index (χ4n) is 2.92. The van der Waals surface area contributed by atoms with Crippen molar-refractivity contribution >= 4 is 28.6 Å². The van der Waals surface area contributed by atoms with Crippen molar-refractivity contribution < 1.29 is 14.0 Å². The van der Waals surface area contributed by atoms with E-state index < -0.39 is 0 Å². The minimum atomic E-state index is -0.362. The molecule has 0 saturated heterocycles. The lowest BCUT2D eigenvalue weighted by molar-refractivity contribution is 0.0990. The minimum Gasteiger partial charge on any atom is -0.463 e. The number of fused-ring (bicyclic) bond motifs is 2. The normalized spacial score (nSPS) is 13.5. The number of allylic oxidation sites excluding steroid dienone is 1. The average Bonchev–Trinajstić information content (AvgIpc) is 2.83. The molecule has 1 aromatic heterocycles. The van der Waals surface area contributed by atoms with E-state index in [4.69, 9.17) is 4.42 Å². The molecule has 3 aromatic rings. The molecule has 0 amide bonds. The van der Waals surface area contributed by atoms with Crippen molar-refractivity contribution in [3.63, 3.8) is 0 Å². The third-order valence-electron chi connectivity index (χ3n) is 4.16. The van der Waals surface area contributed by atoms with Crippen LogP contribution in [0.25, 0.3) is 17.0 Å². The fraction of sp³-hybridized carbons (Fsp3) is 0.0500. The maximum absolute atomic E-state index is 12.6. The smallest absolute Gasteiger partial charge is 0.199 e. The van der Waals surface area contributed by atoms with Gasteiger partial charge in [0.1, 0.15) is 11.8 Å². The number of Topliss-reactive ketones (excluding diaryl/α,β-unsaturated/α-hetero) is 2. The van der Waals surface area contributed by atoms with Gasteiger partial charge in [-0.25, -0.2) is 0 Å². The van der Waals surface area contributed by atoms with E-state index in [0.29, 0.717) is 22.1 Å². The zero-order valence-corrected chi connectivity index (χ0v) is 12.8. The summed E-state index contributed by atoms with van der Waals surface area (Å²) < 4.78 is 5.47. The topological polar surface area (TPSA) is 64.3 Å². The predicted molar refractivity (Wildman–Crippen MR) is 90.3 cm³/mol. The van der Waals surface area contributed by atoms with Crippen molar-refractivity contribution in [3.05, 3.63) is 86.8 Å². The first kappa shape index (κ1) is 14.3. The average molecular weight is 316 g/mol. The summed E-state index contributed by atoms with van der Waals surface area (Å²) in [4.78, 5) is 37.5. The summed E-state index contributed by atoms with van der Waals surface area (Å²) in [6, 6.07) is 12.0. The van der Waals surface area contributed by atoms with Crippen molar-refractivity contribution in [3.8, 4) is 0 Å². The number of benzene rings is 2. The van der Waals surface area contributed by atoms with Crippen LogP contribution in [0.15, 0.2) is 63.5 Å². The Balaban J connectivity index is 1.90. The lowest BCUT2D eigenvalue weighted by atomic mass is 10.1.